The van der Waals surface area contributed by atoms with Crippen LogP contribution in [0.2, 0.25) is 0 Å². The molecule has 7 heteroatoms. The molecular formula is C20H25N3O3S. The molecule has 4 rings (SSSR count). The van der Waals surface area contributed by atoms with Crippen molar-refractivity contribution in [2.75, 3.05) is 26.2 Å². The summed E-state index contributed by atoms with van der Waals surface area (Å²) in [5.41, 5.74) is 0.954. The Labute approximate surface area is 163 Å². The molecular weight excluding hydrogens is 362 g/mol. The maximum atomic E-state index is 12.0. The molecule has 144 valence electrons. The molecule has 2 aromatic rings. The number of aromatic hydroxyl groups is 1. The van der Waals surface area contributed by atoms with Gasteiger partial charge in [-0.2, -0.15) is 0 Å². The Kier molecular flexibility index (Phi) is 5.16. The summed E-state index contributed by atoms with van der Waals surface area (Å²) in [6.07, 6.45) is 3.61. The molecule has 0 aliphatic carbocycles. The van der Waals surface area contributed by atoms with Crippen LogP contribution < -0.4 is 0 Å². The van der Waals surface area contributed by atoms with Crippen LogP contribution in [-0.4, -0.2) is 57.1 Å². The van der Waals surface area contributed by atoms with Crippen LogP contribution in [-0.2, 0) is 17.9 Å². The Hall–Kier alpha value is -1.96. The summed E-state index contributed by atoms with van der Waals surface area (Å²) < 4.78 is 0. The quantitative estimate of drug-likeness (QED) is 0.821. The van der Waals surface area contributed by atoms with Gasteiger partial charge in [-0.15, -0.1) is 11.3 Å². The first kappa shape index (κ1) is 18.4. The van der Waals surface area contributed by atoms with Gasteiger partial charge < -0.3 is 10.2 Å². The molecule has 0 amide bonds. The van der Waals surface area contributed by atoms with Crippen molar-refractivity contribution in [1.29, 1.82) is 0 Å². The Morgan fingerprint density at radius 2 is 2.07 bits per heavy atom. The van der Waals surface area contributed by atoms with Crippen LogP contribution in [0.3, 0.4) is 0 Å². The number of benzene rings is 1. The number of aromatic nitrogens is 1. The minimum atomic E-state index is -0.668. The average Bonchev–Trinajstić information content (AvgIpc) is 3.26. The Morgan fingerprint density at radius 3 is 2.74 bits per heavy atom. The number of phenols is 1. The predicted molar refractivity (Wildman–Crippen MR) is 104 cm³/mol. The van der Waals surface area contributed by atoms with Crippen molar-refractivity contribution in [2.45, 2.75) is 25.9 Å². The van der Waals surface area contributed by atoms with Gasteiger partial charge >= 0.3 is 5.97 Å². The molecule has 1 aromatic heterocycles. The Balaban J connectivity index is 1.41. The minimum Gasteiger partial charge on any atom is -0.508 e. The number of carbonyl (C=O) groups is 1. The minimum absolute atomic E-state index is 0.140. The number of carboxylic acids is 1. The first-order valence-electron chi connectivity index (χ1n) is 9.38. The fourth-order valence-corrected chi connectivity index (χ4v) is 5.29. The number of thiazole rings is 1. The first-order chi connectivity index (χ1) is 13.0. The molecule has 0 saturated carbocycles. The zero-order chi connectivity index (χ0) is 18.9. The monoisotopic (exact) mass is 387 g/mol. The fourth-order valence-electron chi connectivity index (χ4n) is 4.63. The molecule has 27 heavy (non-hydrogen) atoms. The molecule has 2 aliphatic rings. The number of hydrogen-bond acceptors (Lipinski definition) is 6. The van der Waals surface area contributed by atoms with Crippen LogP contribution in [0.1, 0.15) is 23.4 Å². The topological polar surface area (TPSA) is 76.9 Å². The molecule has 0 radical (unpaired) electrons. The van der Waals surface area contributed by atoms with E-state index in [-0.39, 0.29) is 11.3 Å². The van der Waals surface area contributed by atoms with Crippen molar-refractivity contribution in [3.05, 3.63) is 46.4 Å². The van der Waals surface area contributed by atoms with Crippen molar-refractivity contribution in [2.24, 2.45) is 11.3 Å². The van der Waals surface area contributed by atoms with Crippen LogP contribution in [0.5, 0.6) is 5.75 Å². The highest BCUT2D eigenvalue weighted by Crippen LogP contribution is 2.45. The summed E-state index contributed by atoms with van der Waals surface area (Å²) in [7, 11) is 0. The summed E-state index contributed by atoms with van der Waals surface area (Å²) in [5.74, 6) is -0.681. The summed E-state index contributed by atoms with van der Waals surface area (Å²) in [6.45, 7) is 4.78. The molecule has 3 heterocycles. The van der Waals surface area contributed by atoms with Gasteiger partial charge in [-0.1, -0.05) is 12.1 Å². The fraction of sp³-hybridized carbons (Fsp3) is 0.500. The van der Waals surface area contributed by atoms with Crippen molar-refractivity contribution in [1.82, 2.24) is 14.8 Å². The lowest BCUT2D eigenvalue weighted by atomic mass is 9.71. The van der Waals surface area contributed by atoms with Gasteiger partial charge in [0.15, 0.2) is 0 Å². The third-order valence-corrected chi connectivity index (χ3v) is 6.79. The van der Waals surface area contributed by atoms with E-state index in [0.29, 0.717) is 12.3 Å². The number of piperidine rings is 1. The molecule has 1 spiro atoms. The average molecular weight is 388 g/mol. The van der Waals surface area contributed by atoms with E-state index in [9.17, 15) is 15.0 Å². The van der Waals surface area contributed by atoms with Crippen LogP contribution in [0, 0.1) is 11.3 Å². The summed E-state index contributed by atoms with van der Waals surface area (Å²) in [6, 6.07) is 7.37. The first-order valence-corrected chi connectivity index (χ1v) is 10.3. The highest BCUT2D eigenvalue weighted by molar-refractivity contribution is 7.09. The SMILES string of the molecule is O=C(O)C1CN(Cc2nccs2)CC12CCN(Cc1cccc(O)c1)CC2. The lowest BCUT2D eigenvalue weighted by Gasteiger charge is -2.41. The van der Waals surface area contributed by atoms with Gasteiger partial charge in [0.05, 0.1) is 12.5 Å². The van der Waals surface area contributed by atoms with Crippen LogP contribution >= 0.6 is 11.3 Å². The second-order valence-electron chi connectivity index (χ2n) is 7.79. The van der Waals surface area contributed by atoms with E-state index in [2.05, 4.69) is 14.8 Å². The third-order valence-electron chi connectivity index (χ3n) is 6.03. The number of hydrogen-bond donors (Lipinski definition) is 2. The number of aliphatic carboxylic acids is 1. The van der Waals surface area contributed by atoms with Crippen LogP contribution in [0.25, 0.3) is 0 Å². The summed E-state index contributed by atoms with van der Waals surface area (Å²) >= 11 is 1.63. The number of rotatable bonds is 5. The number of nitrogens with zero attached hydrogens (tertiary/aromatic N) is 3. The van der Waals surface area contributed by atoms with Crippen LogP contribution in [0.15, 0.2) is 35.8 Å². The van der Waals surface area contributed by atoms with E-state index in [0.717, 1.165) is 56.1 Å². The highest BCUT2D eigenvalue weighted by atomic mass is 32.1. The van der Waals surface area contributed by atoms with E-state index in [1.165, 1.54) is 0 Å². The van der Waals surface area contributed by atoms with Crippen molar-refractivity contribution in [3.8, 4) is 5.75 Å². The molecule has 2 saturated heterocycles. The second kappa shape index (κ2) is 7.58. The van der Waals surface area contributed by atoms with E-state index in [1.807, 2.05) is 17.5 Å². The van der Waals surface area contributed by atoms with Crippen molar-refractivity contribution >= 4 is 17.3 Å². The van der Waals surface area contributed by atoms with E-state index >= 15 is 0 Å². The summed E-state index contributed by atoms with van der Waals surface area (Å²) in [4.78, 5) is 20.9. The highest BCUT2D eigenvalue weighted by Gasteiger charge is 2.51. The maximum Gasteiger partial charge on any atom is 0.308 e. The number of phenolic OH excluding ortho intramolecular Hbond substituents is 1. The van der Waals surface area contributed by atoms with Gasteiger partial charge in [-0.25, -0.2) is 4.98 Å². The number of likely N-dealkylation sites (tertiary alicyclic amines) is 2. The molecule has 2 fully saturated rings. The molecule has 1 atom stereocenters. The third kappa shape index (κ3) is 4.00. The molecule has 1 aromatic carbocycles. The lowest BCUT2D eigenvalue weighted by Crippen LogP contribution is -2.45. The predicted octanol–water partition coefficient (Wildman–Crippen LogP) is 2.65. The summed E-state index contributed by atoms with van der Waals surface area (Å²) in [5, 5.41) is 22.5. The Bertz CT molecular complexity index is 788. The smallest absolute Gasteiger partial charge is 0.308 e. The normalized spacial score (nSPS) is 23.0. The van der Waals surface area contributed by atoms with E-state index < -0.39 is 5.97 Å². The van der Waals surface area contributed by atoms with Gasteiger partial charge in [-0.05, 0) is 43.6 Å². The molecule has 0 bridgehead atoms. The number of carboxylic acid groups (broad SMARTS) is 1. The van der Waals surface area contributed by atoms with E-state index in [1.54, 1.807) is 29.7 Å². The lowest BCUT2D eigenvalue weighted by molar-refractivity contribution is -0.146. The zero-order valence-corrected chi connectivity index (χ0v) is 16.1. The van der Waals surface area contributed by atoms with Gasteiger partial charge in [0.2, 0.25) is 0 Å². The molecule has 2 N–H and O–H groups in total. The molecule has 1 unspecified atom stereocenters. The van der Waals surface area contributed by atoms with Gasteiger partial charge in [0, 0.05) is 36.6 Å². The maximum absolute atomic E-state index is 12.0. The standard InChI is InChI=1S/C20H25N3O3S/c24-16-3-1-2-15(10-16)11-22-7-4-20(5-8-22)14-23(12-17(20)19(25)26)13-18-21-6-9-27-18/h1-3,6,9-10,17,24H,4-5,7-8,11-14H2,(H,25,26). The Morgan fingerprint density at radius 1 is 1.26 bits per heavy atom. The van der Waals surface area contributed by atoms with Gasteiger partial charge in [0.1, 0.15) is 10.8 Å². The van der Waals surface area contributed by atoms with Crippen molar-refractivity contribution in [3.63, 3.8) is 0 Å². The van der Waals surface area contributed by atoms with E-state index in [4.69, 9.17) is 0 Å². The molecule has 6 nitrogen and oxygen atoms in total. The molecule has 2 aliphatic heterocycles. The van der Waals surface area contributed by atoms with Gasteiger partial charge in [0.25, 0.3) is 0 Å². The largest absolute Gasteiger partial charge is 0.508 e. The van der Waals surface area contributed by atoms with Gasteiger partial charge in [-0.3, -0.25) is 14.6 Å². The second-order valence-corrected chi connectivity index (χ2v) is 8.77. The van der Waals surface area contributed by atoms with Crippen LogP contribution in [0.4, 0.5) is 0 Å². The van der Waals surface area contributed by atoms with Crippen molar-refractivity contribution < 1.29 is 15.0 Å². The zero-order valence-electron chi connectivity index (χ0n) is 15.3.